The van der Waals surface area contributed by atoms with Crippen LogP contribution in [0.4, 0.5) is 10.5 Å². The van der Waals surface area contributed by atoms with E-state index in [1.165, 1.54) is 30.9 Å². The topological polar surface area (TPSA) is 98.8 Å². The van der Waals surface area contributed by atoms with Gasteiger partial charge in [-0.05, 0) is 55.5 Å². The van der Waals surface area contributed by atoms with Crippen LogP contribution in [0.3, 0.4) is 0 Å². The van der Waals surface area contributed by atoms with Crippen molar-refractivity contribution in [1.82, 2.24) is 14.1 Å². The lowest BCUT2D eigenvalue weighted by molar-refractivity contribution is 0.0696. The number of anilines is 1. The number of carboxylic acids is 1. The molecule has 1 amide bonds. The van der Waals surface area contributed by atoms with Gasteiger partial charge in [0.25, 0.3) is 0 Å². The molecule has 1 fully saturated rings. The third-order valence-corrected chi connectivity index (χ3v) is 7.04. The van der Waals surface area contributed by atoms with E-state index in [9.17, 15) is 14.7 Å². The molecule has 0 atom stereocenters. The van der Waals surface area contributed by atoms with Crippen LogP contribution in [-0.4, -0.2) is 52.1 Å². The van der Waals surface area contributed by atoms with Crippen LogP contribution in [0.2, 0.25) is 0 Å². The maximum Gasteiger partial charge on any atom is 0.414 e. The molecule has 0 radical (unpaired) electrons. The van der Waals surface area contributed by atoms with Crippen molar-refractivity contribution in [1.29, 1.82) is 0 Å². The molecule has 0 unspecified atom stereocenters. The van der Waals surface area contributed by atoms with Gasteiger partial charge in [-0.15, -0.1) is 0 Å². The summed E-state index contributed by atoms with van der Waals surface area (Å²) in [6, 6.07) is 11.2. The fourth-order valence-electron chi connectivity index (χ4n) is 4.72. The largest absolute Gasteiger partial charge is 0.494 e. The van der Waals surface area contributed by atoms with Gasteiger partial charge in [-0.2, -0.15) is 0 Å². The first kappa shape index (κ1) is 24.7. The van der Waals surface area contributed by atoms with Crippen LogP contribution >= 0.6 is 0 Å². The number of aromatic nitrogens is 3. The van der Waals surface area contributed by atoms with Crippen LogP contribution in [-0.2, 0) is 18.3 Å². The number of carboxylic acid groups (broad SMARTS) is 1. The summed E-state index contributed by atoms with van der Waals surface area (Å²) in [5.41, 5.74) is 4.14. The second kappa shape index (κ2) is 9.80. The number of hydrogen-bond donors (Lipinski definition) is 1. The van der Waals surface area contributed by atoms with Crippen molar-refractivity contribution in [3.63, 3.8) is 0 Å². The number of ether oxygens (including phenoxy) is 2. The Morgan fingerprint density at radius 1 is 1.19 bits per heavy atom. The Labute approximate surface area is 215 Å². The van der Waals surface area contributed by atoms with Gasteiger partial charge in [0.15, 0.2) is 5.82 Å². The first-order valence-corrected chi connectivity index (χ1v) is 12.6. The van der Waals surface area contributed by atoms with E-state index in [0.29, 0.717) is 23.8 Å². The van der Waals surface area contributed by atoms with E-state index in [-0.39, 0.29) is 11.7 Å². The van der Waals surface area contributed by atoms with Crippen molar-refractivity contribution >= 4 is 39.7 Å². The second-order valence-electron chi connectivity index (χ2n) is 9.70. The Balaban J connectivity index is 1.61. The summed E-state index contributed by atoms with van der Waals surface area (Å²) in [7, 11) is 5.17. The Morgan fingerprint density at radius 2 is 1.97 bits per heavy atom. The van der Waals surface area contributed by atoms with E-state index < -0.39 is 5.97 Å². The number of amides is 1. The molecule has 0 bridgehead atoms. The molecule has 9 nitrogen and oxygen atoms in total. The summed E-state index contributed by atoms with van der Waals surface area (Å²) in [6.07, 6.45) is 3.79. The normalized spacial score (nSPS) is 13.3. The summed E-state index contributed by atoms with van der Waals surface area (Å²) in [5.74, 6) is 0.755. The van der Waals surface area contributed by atoms with Gasteiger partial charge in [0.05, 0.1) is 36.0 Å². The fraction of sp³-hybridized carbons (Fsp3) is 0.393. The SMILES string of the molecule is CCCCOC(=O)N(C)c1ccc2cc(-c3nc4cc(C(=O)O)cc(OC)c4n3C)n(CC3CC3)c2c1. The van der Waals surface area contributed by atoms with Gasteiger partial charge >= 0.3 is 12.1 Å². The minimum absolute atomic E-state index is 0.131. The molecule has 2 aromatic heterocycles. The number of unbranched alkanes of at least 4 members (excludes halogenated alkanes) is 1. The smallest absolute Gasteiger partial charge is 0.414 e. The van der Waals surface area contributed by atoms with Gasteiger partial charge in [-0.1, -0.05) is 19.4 Å². The summed E-state index contributed by atoms with van der Waals surface area (Å²) < 4.78 is 15.1. The van der Waals surface area contributed by atoms with E-state index in [1.54, 1.807) is 13.1 Å². The van der Waals surface area contributed by atoms with E-state index in [4.69, 9.17) is 14.5 Å². The highest BCUT2D eigenvalue weighted by Crippen LogP contribution is 2.38. The number of fused-ring (bicyclic) bond motifs is 2. The molecule has 1 saturated carbocycles. The van der Waals surface area contributed by atoms with Gasteiger partial charge in [0.1, 0.15) is 11.3 Å². The third kappa shape index (κ3) is 4.61. The van der Waals surface area contributed by atoms with Crippen molar-refractivity contribution in [2.75, 3.05) is 25.7 Å². The van der Waals surface area contributed by atoms with Crippen molar-refractivity contribution < 1.29 is 24.2 Å². The highest BCUT2D eigenvalue weighted by atomic mass is 16.6. The zero-order chi connectivity index (χ0) is 26.3. The molecule has 0 saturated heterocycles. The predicted octanol–water partition coefficient (Wildman–Crippen LogP) is 5.68. The number of hydrogen-bond acceptors (Lipinski definition) is 5. The number of aryl methyl sites for hydroxylation is 1. The number of aromatic carboxylic acids is 1. The lowest BCUT2D eigenvalue weighted by Gasteiger charge is -2.18. The maximum atomic E-state index is 12.6. The molecular weight excluding hydrogens is 472 g/mol. The minimum atomic E-state index is -1.03. The molecule has 0 aliphatic heterocycles. The number of benzene rings is 2. The molecule has 1 aliphatic rings. The Hall–Kier alpha value is -4.01. The predicted molar refractivity (Wildman–Crippen MR) is 143 cm³/mol. The second-order valence-corrected chi connectivity index (χ2v) is 9.70. The lowest BCUT2D eigenvalue weighted by Crippen LogP contribution is -2.27. The van der Waals surface area contributed by atoms with Gasteiger partial charge in [0.2, 0.25) is 0 Å². The molecule has 194 valence electrons. The van der Waals surface area contributed by atoms with Crippen molar-refractivity contribution in [2.45, 2.75) is 39.2 Å². The monoisotopic (exact) mass is 504 g/mol. The molecule has 4 aromatic rings. The fourth-order valence-corrected chi connectivity index (χ4v) is 4.72. The van der Waals surface area contributed by atoms with Crippen LogP contribution in [0, 0.1) is 5.92 Å². The van der Waals surface area contributed by atoms with Crippen molar-refractivity contribution in [2.24, 2.45) is 13.0 Å². The van der Waals surface area contributed by atoms with E-state index in [0.717, 1.165) is 53.0 Å². The molecule has 37 heavy (non-hydrogen) atoms. The summed E-state index contributed by atoms with van der Waals surface area (Å²) in [6.45, 7) is 3.31. The number of carbonyl (C=O) groups is 2. The number of nitrogens with zero attached hydrogens (tertiary/aromatic N) is 4. The molecular formula is C28H32N4O5. The highest BCUT2D eigenvalue weighted by molar-refractivity contribution is 5.97. The maximum absolute atomic E-state index is 12.6. The molecule has 2 heterocycles. The molecule has 9 heteroatoms. The minimum Gasteiger partial charge on any atom is -0.494 e. The van der Waals surface area contributed by atoms with Crippen LogP contribution in [0.5, 0.6) is 5.75 Å². The number of carbonyl (C=O) groups excluding carboxylic acids is 1. The molecule has 0 spiro atoms. The van der Waals surface area contributed by atoms with E-state index in [1.807, 2.05) is 29.8 Å². The quantitative estimate of drug-likeness (QED) is 0.294. The summed E-state index contributed by atoms with van der Waals surface area (Å²) >= 11 is 0. The average Bonchev–Trinajstić information content (AvgIpc) is 3.56. The first-order chi connectivity index (χ1) is 17.8. The average molecular weight is 505 g/mol. The van der Waals surface area contributed by atoms with Crippen LogP contribution < -0.4 is 9.64 Å². The first-order valence-electron chi connectivity index (χ1n) is 12.6. The van der Waals surface area contributed by atoms with Gasteiger partial charge in [0, 0.05) is 31.7 Å². The Kier molecular flexibility index (Phi) is 6.54. The highest BCUT2D eigenvalue weighted by Gasteiger charge is 2.27. The molecule has 1 N–H and O–H groups in total. The van der Waals surface area contributed by atoms with Gasteiger partial charge < -0.3 is 23.7 Å². The molecule has 1 aliphatic carbocycles. The number of rotatable bonds is 9. The van der Waals surface area contributed by atoms with Crippen molar-refractivity contribution in [3.8, 4) is 17.3 Å². The van der Waals surface area contributed by atoms with Crippen molar-refractivity contribution in [3.05, 3.63) is 42.0 Å². The third-order valence-electron chi connectivity index (χ3n) is 7.04. The molecule has 2 aromatic carbocycles. The van der Waals surface area contributed by atoms with Gasteiger partial charge in [-0.3, -0.25) is 4.90 Å². The number of methoxy groups -OCH3 is 1. The Bertz CT molecular complexity index is 1500. The number of imidazole rings is 1. The lowest BCUT2D eigenvalue weighted by atomic mass is 10.2. The zero-order valence-electron chi connectivity index (χ0n) is 21.7. The summed E-state index contributed by atoms with van der Waals surface area (Å²) in [5, 5.41) is 10.6. The standard InChI is InChI=1S/C28H32N4O5/c1-5-6-11-37-28(35)30(2)20-10-9-18-13-23(32(22(18)15-20)16-17-7-8-17)26-29-21-12-19(27(33)34)14-24(36-4)25(21)31(26)3/h9-10,12-15,17H,5-8,11,16H2,1-4H3,(H,33,34). The van der Waals surface area contributed by atoms with Crippen LogP contribution in [0.15, 0.2) is 36.4 Å². The van der Waals surface area contributed by atoms with Crippen LogP contribution in [0.25, 0.3) is 33.5 Å². The van der Waals surface area contributed by atoms with Crippen LogP contribution in [0.1, 0.15) is 43.0 Å². The van der Waals surface area contributed by atoms with E-state index in [2.05, 4.69) is 17.6 Å². The van der Waals surface area contributed by atoms with E-state index >= 15 is 0 Å². The van der Waals surface area contributed by atoms with Gasteiger partial charge in [-0.25, -0.2) is 14.6 Å². The zero-order valence-corrected chi connectivity index (χ0v) is 21.7. The Morgan fingerprint density at radius 3 is 2.65 bits per heavy atom. The molecule has 5 rings (SSSR count). The summed E-state index contributed by atoms with van der Waals surface area (Å²) in [4.78, 5) is 30.6.